The molecule has 1 aromatic carbocycles. The van der Waals surface area contributed by atoms with Crippen molar-refractivity contribution in [3.8, 4) is 5.69 Å². The van der Waals surface area contributed by atoms with Crippen LogP contribution in [0.5, 0.6) is 0 Å². The van der Waals surface area contributed by atoms with Crippen molar-refractivity contribution in [1.82, 2.24) is 9.55 Å². The molecule has 0 atom stereocenters. The van der Waals surface area contributed by atoms with Gasteiger partial charge in [0.05, 0.1) is 12.0 Å². The lowest BCUT2D eigenvalue weighted by Gasteiger charge is -2.15. The van der Waals surface area contributed by atoms with Crippen LogP contribution in [0, 0.1) is 6.92 Å². The first-order chi connectivity index (χ1) is 10.1. The monoisotopic (exact) mass is 282 g/mol. The van der Waals surface area contributed by atoms with Crippen molar-refractivity contribution in [2.75, 3.05) is 0 Å². The molecule has 0 spiro atoms. The largest absolute Gasteiger partial charge is 0.478 e. The number of fused-ring (bicyclic) bond motifs is 1. The lowest BCUT2D eigenvalue weighted by Crippen LogP contribution is -2.07. The zero-order valence-corrected chi connectivity index (χ0v) is 12.0. The second-order valence-electron chi connectivity index (χ2n) is 5.43. The summed E-state index contributed by atoms with van der Waals surface area (Å²) in [4.78, 5) is 15.1. The van der Waals surface area contributed by atoms with Crippen molar-refractivity contribution in [3.05, 3.63) is 53.1 Å². The maximum absolute atomic E-state index is 10.6. The number of aromatic nitrogens is 2. The number of carboxylic acid groups (broad SMARTS) is 1. The van der Waals surface area contributed by atoms with E-state index in [1.165, 1.54) is 30.3 Å². The molecule has 2 aromatic rings. The molecule has 0 fully saturated rings. The zero-order valence-electron chi connectivity index (χ0n) is 12.0. The van der Waals surface area contributed by atoms with E-state index >= 15 is 0 Å². The third-order valence-corrected chi connectivity index (χ3v) is 3.97. The van der Waals surface area contributed by atoms with Gasteiger partial charge in [0.25, 0.3) is 0 Å². The smallest absolute Gasteiger partial charge is 0.328 e. The van der Waals surface area contributed by atoms with Gasteiger partial charge < -0.3 is 9.67 Å². The van der Waals surface area contributed by atoms with Crippen molar-refractivity contribution in [2.45, 2.75) is 32.6 Å². The topological polar surface area (TPSA) is 55.1 Å². The average molecular weight is 282 g/mol. The molecule has 0 saturated heterocycles. The second kappa shape index (κ2) is 5.56. The summed E-state index contributed by atoms with van der Waals surface area (Å²) in [7, 11) is 0. The third-order valence-electron chi connectivity index (χ3n) is 3.97. The fourth-order valence-corrected chi connectivity index (χ4v) is 2.85. The number of carbonyl (C=O) groups is 1. The van der Waals surface area contributed by atoms with E-state index in [0.29, 0.717) is 0 Å². The van der Waals surface area contributed by atoms with Crippen LogP contribution in [0.15, 0.2) is 30.6 Å². The Balaban J connectivity index is 1.95. The molecule has 1 heterocycles. The molecular formula is C17H18N2O2. The summed E-state index contributed by atoms with van der Waals surface area (Å²) in [5.41, 5.74) is 5.61. The highest BCUT2D eigenvalue weighted by atomic mass is 16.4. The summed E-state index contributed by atoms with van der Waals surface area (Å²) in [5, 5.41) is 8.70. The highest BCUT2D eigenvalue weighted by Crippen LogP contribution is 2.24. The van der Waals surface area contributed by atoms with Gasteiger partial charge in [-0.05, 0) is 61.9 Å². The van der Waals surface area contributed by atoms with Crippen molar-refractivity contribution >= 4 is 12.0 Å². The second-order valence-corrected chi connectivity index (χ2v) is 5.43. The standard InChI is InChI=1S/C17H18N2O2/c1-12-10-14(8-6-13(12)7-9-17(20)21)19-11-18-15-4-2-3-5-16(15)19/h6-11H,2-5H2,1H3,(H,20,21)/b9-7+. The Morgan fingerprint density at radius 2 is 2.14 bits per heavy atom. The van der Waals surface area contributed by atoms with Gasteiger partial charge in [0.2, 0.25) is 0 Å². The minimum Gasteiger partial charge on any atom is -0.478 e. The van der Waals surface area contributed by atoms with Crippen LogP contribution in [-0.2, 0) is 17.6 Å². The van der Waals surface area contributed by atoms with E-state index in [-0.39, 0.29) is 0 Å². The first kappa shape index (κ1) is 13.6. The lowest BCUT2D eigenvalue weighted by atomic mass is 10.0. The lowest BCUT2D eigenvalue weighted by molar-refractivity contribution is -0.131. The van der Waals surface area contributed by atoms with Gasteiger partial charge in [-0.2, -0.15) is 0 Å². The van der Waals surface area contributed by atoms with Crippen LogP contribution in [0.1, 0.15) is 35.4 Å². The summed E-state index contributed by atoms with van der Waals surface area (Å²) < 4.78 is 2.16. The summed E-state index contributed by atoms with van der Waals surface area (Å²) >= 11 is 0. The maximum atomic E-state index is 10.6. The van der Waals surface area contributed by atoms with Crippen LogP contribution in [-0.4, -0.2) is 20.6 Å². The van der Waals surface area contributed by atoms with Crippen molar-refractivity contribution < 1.29 is 9.90 Å². The fourth-order valence-electron chi connectivity index (χ4n) is 2.85. The van der Waals surface area contributed by atoms with Gasteiger partial charge in [0.1, 0.15) is 0 Å². The number of nitrogens with zero attached hydrogens (tertiary/aromatic N) is 2. The van der Waals surface area contributed by atoms with Gasteiger partial charge >= 0.3 is 5.97 Å². The average Bonchev–Trinajstić information content (AvgIpc) is 2.89. The molecular weight excluding hydrogens is 264 g/mol. The van der Waals surface area contributed by atoms with E-state index in [1.54, 1.807) is 6.08 Å². The Kier molecular flexibility index (Phi) is 3.60. The molecule has 21 heavy (non-hydrogen) atoms. The van der Waals surface area contributed by atoms with Gasteiger partial charge in [-0.25, -0.2) is 9.78 Å². The zero-order chi connectivity index (χ0) is 14.8. The Morgan fingerprint density at radius 3 is 2.90 bits per heavy atom. The molecule has 0 saturated carbocycles. The van der Waals surface area contributed by atoms with Crippen molar-refractivity contribution in [2.24, 2.45) is 0 Å². The molecule has 1 aromatic heterocycles. The molecule has 1 N–H and O–H groups in total. The molecule has 0 radical (unpaired) electrons. The molecule has 0 amide bonds. The third kappa shape index (κ3) is 2.75. The van der Waals surface area contributed by atoms with Crippen LogP contribution < -0.4 is 0 Å². The van der Waals surface area contributed by atoms with E-state index in [1.807, 2.05) is 25.4 Å². The van der Waals surface area contributed by atoms with Gasteiger partial charge in [-0.3, -0.25) is 0 Å². The highest BCUT2D eigenvalue weighted by molar-refractivity contribution is 5.85. The van der Waals surface area contributed by atoms with E-state index < -0.39 is 5.97 Å². The van der Waals surface area contributed by atoms with E-state index in [9.17, 15) is 4.79 Å². The molecule has 0 aliphatic heterocycles. The minimum atomic E-state index is -0.929. The van der Waals surface area contributed by atoms with Crippen LogP contribution in [0.4, 0.5) is 0 Å². The number of imidazole rings is 1. The number of aryl methyl sites for hydroxylation is 2. The van der Waals surface area contributed by atoms with Crippen molar-refractivity contribution in [3.63, 3.8) is 0 Å². The van der Waals surface area contributed by atoms with Gasteiger partial charge in [0, 0.05) is 17.5 Å². The number of benzene rings is 1. The van der Waals surface area contributed by atoms with Crippen LogP contribution in [0.25, 0.3) is 11.8 Å². The Morgan fingerprint density at radius 1 is 1.33 bits per heavy atom. The Bertz CT molecular complexity index is 714. The van der Waals surface area contributed by atoms with E-state index in [2.05, 4.69) is 15.6 Å². The molecule has 108 valence electrons. The van der Waals surface area contributed by atoms with Crippen molar-refractivity contribution in [1.29, 1.82) is 0 Å². The number of carboxylic acids is 1. The molecule has 0 bridgehead atoms. The van der Waals surface area contributed by atoms with Gasteiger partial charge in [-0.15, -0.1) is 0 Å². The Labute approximate surface area is 123 Å². The Hall–Kier alpha value is -2.36. The molecule has 4 heteroatoms. The summed E-state index contributed by atoms with van der Waals surface area (Å²) in [6.07, 6.45) is 9.29. The summed E-state index contributed by atoms with van der Waals surface area (Å²) in [6, 6.07) is 6.06. The van der Waals surface area contributed by atoms with Crippen LogP contribution in [0.3, 0.4) is 0 Å². The normalized spacial score (nSPS) is 14.3. The van der Waals surface area contributed by atoms with Gasteiger partial charge in [0.15, 0.2) is 0 Å². The molecule has 0 unspecified atom stereocenters. The first-order valence-corrected chi connectivity index (χ1v) is 7.22. The number of aliphatic carboxylic acids is 1. The molecule has 4 nitrogen and oxygen atoms in total. The molecule has 1 aliphatic rings. The quantitative estimate of drug-likeness (QED) is 0.880. The summed E-state index contributed by atoms with van der Waals surface area (Å²) in [6.45, 7) is 1.99. The molecule has 1 aliphatic carbocycles. The van der Waals surface area contributed by atoms with E-state index in [4.69, 9.17) is 5.11 Å². The molecule has 3 rings (SSSR count). The number of rotatable bonds is 3. The number of hydrogen-bond acceptors (Lipinski definition) is 2. The summed E-state index contributed by atoms with van der Waals surface area (Å²) in [5.74, 6) is -0.929. The fraction of sp³-hybridized carbons (Fsp3) is 0.294. The van der Waals surface area contributed by atoms with E-state index in [0.717, 1.165) is 29.7 Å². The predicted octanol–water partition coefficient (Wildman–Crippen LogP) is 3.16. The SMILES string of the molecule is Cc1cc(-n2cnc3c2CCCC3)ccc1/C=C/C(=O)O. The van der Waals surface area contributed by atoms with Crippen LogP contribution >= 0.6 is 0 Å². The van der Waals surface area contributed by atoms with Crippen LogP contribution in [0.2, 0.25) is 0 Å². The maximum Gasteiger partial charge on any atom is 0.328 e. The number of hydrogen-bond donors (Lipinski definition) is 1. The minimum absolute atomic E-state index is 0.926. The predicted molar refractivity (Wildman–Crippen MR) is 81.6 cm³/mol. The first-order valence-electron chi connectivity index (χ1n) is 7.22. The van der Waals surface area contributed by atoms with Gasteiger partial charge in [-0.1, -0.05) is 6.07 Å². The highest BCUT2D eigenvalue weighted by Gasteiger charge is 2.16.